The SMILES string of the molecule is O=C(NCl)c1c(Cl)c(Cl)c(Cl)c2c1C(=O)OC2=O. The van der Waals surface area contributed by atoms with Crippen LogP contribution in [0.25, 0.3) is 0 Å². The summed E-state index contributed by atoms with van der Waals surface area (Å²) in [7, 11) is 0. The van der Waals surface area contributed by atoms with Crippen molar-refractivity contribution in [2.75, 3.05) is 0 Å². The van der Waals surface area contributed by atoms with E-state index < -0.39 is 17.8 Å². The third kappa shape index (κ3) is 1.75. The maximum absolute atomic E-state index is 11.6. The molecule has 0 atom stereocenters. The smallest absolute Gasteiger partial charge is 0.348 e. The Kier molecular flexibility index (Phi) is 3.42. The Bertz CT molecular complexity index is 613. The van der Waals surface area contributed by atoms with Crippen molar-refractivity contribution >= 4 is 64.4 Å². The zero-order valence-corrected chi connectivity index (χ0v) is 11.2. The Balaban J connectivity index is 2.91. The van der Waals surface area contributed by atoms with E-state index in [0.717, 1.165) is 0 Å². The molecule has 0 bridgehead atoms. The normalized spacial score (nSPS) is 13.3. The first-order chi connectivity index (χ1) is 8.40. The van der Waals surface area contributed by atoms with Crippen LogP contribution in [0.2, 0.25) is 15.1 Å². The minimum Gasteiger partial charge on any atom is -0.386 e. The summed E-state index contributed by atoms with van der Waals surface area (Å²) >= 11 is 22.5. The van der Waals surface area contributed by atoms with Gasteiger partial charge >= 0.3 is 11.9 Å². The summed E-state index contributed by atoms with van der Waals surface area (Å²) in [5.41, 5.74) is -1.00. The third-order valence-corrected chi connectivity index (χ3v) is 3.73. The van der Waals surface area contributed by atoms with Gasteiger partial charge in [-0.1, -0.05) is 34.8 Å². The third-order valence-electron chi connectivity index (χ3n) is 2.23. The first-order valence-corrected chi connectivity index (χ1v) is 5.79. The number of esters is 2. The van der Waals surface area contributed by atoms with Gasteiger partial charge in [0.25, 0.3) is 5.91 Å². The second-order valence-electron chi connectivity index (χ2n) is 3.17. The van der Waals surface area contributed by atoms with Crippen LogP contribution in [-0.2, 0) is 4.74 Å². The molecule has 0 unspecified atom stereocenters. The number of halogens is 4. The highest BCUT2D eigenvalue weighted by Gasteiger charge is 2.39. The lowest BCUT2D eigenvalue weighted by molar-refractivity contribution is 0.0442. The van der Waals surface area contributed by atoms with Crippen LogP contribution < -0.4 is 4.84 Å². The second-order valence-corrected chi connectivity index (χ2v) is 4.49. The largest absolute Gasteiger partial charge is 0.386 e. The fraction of sp³-hybridized carbons (Fsp3) is 0. The maximum atomic E-state index is 11.6. The van der Waals surface area contributed by atoms with E-state index in [0.29, 0.717) is 0 Å². The summed E-state index contributed by atoms with van der Waals surface area (Å²) in [4.78, 5) is 36.3. The Morgan fingerprint density at radius 2 is 1.50 bits per heavy atom. The summed E-state index contributed by atoms with van der Waals surface area (Å²) in [6.45, 7) is 0. The molecule has 9 heteroatoms. The Morgan fingerprint density at radius 1 is 0.944 bits per heavy atom. The lowest BCUT2D eigenvalue weighted by atomic mass is 10.0. The summed E-state index contributed by atoms with van der Waals surface area (Å²) < 4.78 is 4.36. The molecule has 5 nitrogen and oxygen atoms in total. The number of cyclic esters (lactones) is 2. The number of nitrogens with one attached hydrogen (secondary N) is 1. The molecule has 2 rings (SSSR count). The number of rotatable bonds is 1. The highest BCUT2D eigenvalue weighted by molar-refractivity contribution is 6.52. The van der Waals surface area contributed by atoms with E-state index in [2.05, 4.69) is 4.74 Å². The molecule has 1 aliphatic heterocycles. The van der Waals surface area contributed by atoms with Crippen molar-refractivity contribution in [3.8, 4) is 0 Å². The van der Waals surface area contributed by atoms with Crippen LogP contribution in [0.1, 0.15) is 31.1 Å². The minimum absolute atomic E-state index is 0.237. The summed E-state index contributed by atoms with van der Waals surface area (Å²) in [5, 5.41) is -0.775. The summed E-state index contributed by atoms with van der Waals surface area (Å²) in [6, 6.07) is 0. The standard InChI is InChI=1S/C9HCl4NO4/c10-4-2(7(15)14-13)1-3(5(11)6(4)12)9(17)18-8(1)16/h(H,14,15). The second kappa shape index (κ2) is 4.59. The fourth-order valence-corrected chi connectivity index (χ4v) is 2.38. The van der Waals surface area contributed by atoms with Crippen LogP contribution in [0.15, 0.2) is 0 Å². The van der Waals surface area contributed by atoms with Gasteiger partial charge in [0.1, 0.15) is 0 Å². The molecule has 18 heavy (non-hydrogen) atoms. The quantitative estimate of drug-likeness (QED) is 0.372. The summed E-state index contributed by atoms with van der Waals surface area (Å²) in [5.74, 6) is -2.93. The van der Waals surface area contributed by atoms with Gasteiger partial charge in [0.05, 0.1) is 31.8 Å². The van der Waals surface area contributed by atoms with E-state index in [9.17, 15) is 14.4 Å². The molecule has 1 heterocycles. The average molecular weight is 329 g/mol. The zero-order valence-electron chi connectivity index (χ0n) is 8.14. The van der Waals surface area contributed by atoms with Gasteiger partial charge in [-0.05, 0) is 0 Å². The molecule has 1 aromatic rings. The molecule has 0 saturated heterocycles. The van der Waals surface area contributed by atoms with Crippen LogP contribution in [0, 0.1) is 0 Å². The molecule has 0 spiro atoms. The highest BCUT2D eigenvalue weighted by atomic mass is 35.5. The number of amides is 1. The molecule has 1 N–H and O–H groups in total. The molecule has 0 aliphatic carbocycles. The van der Waals surface area contributed by atoms with Gasteiger partial charge in [-0.2, -0.15) is 0 Å². The van der Waals surface area contributed by atoms with Gasteiger partial charge in [0.15, 0.2) is 0 Å². The van der Waals surface area contributed by atoms with Crippen molar-refractivity contribution in [3.63, 3.8) is 0 Å². The van der Waals surface area contributed by atoms with Crippen molar-refractivity contribution in [1.82, 2.24) is 4.84 Å². The number of carbonyl (C=O) groups is 3. The van der Waals surface area contributed by atoms with Gasteiger partial charge in [-0.15, -0.1) is 0 Å². The van der Waals surface area contributed by atoms with Crippen LogP contribution in [-0.4, -0.2) is 17.8 Å². The number of fused-ring (bicyclic) bond motifs is 1. The van der Waals surface area contributed by atoms with Crippen molar-refractivity contribution < 1.29 is 19.1 Å². The highest BCUT2D eigenvalue weighted by Crippen LogP contribution is 2.41. The number of ether oxygens (including phenoxy) is 1. The Labute approximate surface area is 120 Å². The molecule has 1 aromatic carbocycles. The summed E-state index contributed by atoms with van der Waals surface area (Å²) in [6.07, 6.45) is 0. The first kappa shape index (κ1) is 13.4. The van der Waals surface area contributed by atoms with Crippen molar-refractivity contribution in [2.45, 2.75) is 0 Å². The maximum Gasteiger partial charge on any atom is 0.348 e. The molecule has 94 valence electrons. The first-order valence-electron chi connectivity index (χ1n) is 4.28. The van der Waals surface area contributed by atoms with Crippen LogP contribution >= 0.6 is 46.6 Å². The van der Waals surface area contributed by atoms with E-state index in [1.54, 1.807) is 4.84 Å². The van der Waals surface area contributed by atoms with Crippen LogP contribution in [0.4, 0.5) is 0 Å². The topological polar surface area (TPSA) is 72.5 Å². The Morgan fingerprint density at radius 3 is 2.06 bits per heavy atom. The van der Waals surface area contributed by atoms with Crippen LogP contribution in [0.3, 0.4) is 0 Å². The number of carbonyl (C=O) groups excluding carboxylic acids is 3. The molecule has 0 fully saturated rings. The van der Waals surface area contributed by atoms with Gasteiger partial charge in [0.2, 0.25) is 0 Å². The van der Waals surface area contributed by atoms with E-state index in [-0.39, 0.29) is 31.8 Å². The van der Waals surface area contributed by atoms with Crippen molar-refractivity contribution in [3.05, 3.63) is 31.8 Å². The van der Waals surface area contributed by atoms with Crippen LogP contribution in [0.5, 0.6) is 0 Å². The van der Waals surface area contributed by atoms with E-state index in [1.165, 1.54) is 0 Å². The molecule has 1 aliphatic rings. The lowest BCUT2D eigenvalue weighted by Gasteiger charge is -2.09. The van der Waals surface area contributed by atoms with E-state index in [4.69, 9.17) is 46.6 Å². The monoisotopic (exact) mass is 327 g/mol. The van der Waals surface area contributed by atoms with E-state index in [1.807, 2.05) is 0 Å². The minimum atomic E-state index is -1.04. The average Bonchev–Trinajstić information content (AvgIpc) is 2.62. The predicted octanol–water partition coefficient (Wildman–Crippen LogP) is 2.84. The lowest BCUT2D eigenvalue weighted by Crippen LogP contribution is -2.17. The van der Waals surface area contributed by atoms with Gasteiger partial charge in [-0.25, -0.2) is 9.59 Å². The van der Waals surface area contributed by atoms with E-state index >= 15 is 0 Å². The van der Waals surface area contributed by atoms with Gasteiger partial charge in [-0.3, -0.25) is 9.63 Å². The number of hydrogen-bond acceptors (Lipinski definition) is 4. The van der Waals surface area contributed by atoms with Gasteiger partial charge < -0.3 is 4.74 Å². The number of benzene rings is 1. The number of hydrogen-bond donors (Lipinski definition) is 1. The zero-order chi connectivity index (χ0) is 13.6. The molecular weight excluding hydrogens is 328 g/mol. The molecule has 0 saturated carbocycles. The van der Waals surface area contributed by atoms with Gasteiger partial charge in [0, 0.05) is 11.8 Å². The predicted molar refractivity (Wildman–Crippen MR) is 64.5 cm³/mol. The molecular formula is C9HCl4NO4. The molecule has 1 amide bonds. The Hall–Kier alpha value is -1.01. The molecule has 0 radical (unpaired) electrons. The fourth-order valence-electron chi connectivity index (χ4n) is 1.50. The molecule has 0 aromatic heterocycles. The van der Waals surface area contributed by atoms with Crippen molar-refractivity contribution in [2.24, 2.45) is 0 Å². The van der Waals surface area contributed by atoms with Crippen molar-refractivity contribution in [1.29, 1.82) is 0 Å².